The van der Waals surface area contributed by atoms with Crippen LogP contribution in [0.2, 0.25) is 0 Å². The summed E-state index contributed by atoms with van der Waals surface area (Å²) in [6, 6.07) is 23.1. The summed E-state index contributed by atoms with van der Waals surface area (Å²) in [6.45, 7) is 1.77. The minimum atomic E-state index is -1.26. The van der Waals surface area contributed by atoms with Gasteiger partial charge in [-0.15, -0.1) is 0 Å². The van der Waals surface area contributed by atoms with Crippen molar-refractivity contribution < 1.29 is 24.6 Å². The monoisotopic (exact) mass is 490 g/mol. The molecular weight excluding hydrogens is 460 g/mol. The molecule has 1 heterocycles. The topological polar surface area (TPSA) is 123 Å². The van der Waals surface area contributed by atoms with Gasteiger partial charge in [0.25, 0.3) is 5.91 Å². The number of rotatable bonds is 10. The van der Waals surface area contributed by atoms with Gasteiger partial charge in [0.1, 0.15) is 0 Å². The van der Waals surface area contributed by atoms with Crippen molar-refractivity contribution in [1.82, 2.24) is 9.88 Å². The van der Waals surface area contributed by atoms with Gasteiger partial charge in [-0.1, -0.05) is 36.4 Å². The molecule has 3 rings (SSSR count). The van der Waals surface area contributed by atoms with Gasteiger partial charge in [-0.05, 0) is 63.5 Å². The summed E-state index contributed by atoms with van der Waals surface area (Å²) in [5.41, 5.74) is 2.37. The van der Waals surface area contributed by atoms with Gasteiger partial charge < -0.3 is 25.3 Å². The molecule has 0 saturated heterocycles. The van der Waals surface area contributed by atoms with Crippen LogP contribution in [0.1, 0.15) is 16.8 Å². The van der Waals surface area contributed by atoms with Crippen molar-refractivity contribution in [2.75, 3.05) is 37.4 Å². The predicted molar refractivity (Wildman–Crippen MR) is 140 cm³/mol. The Morgan fingerprint density at radius 2 is 1.42 bits per heavy atom. The number of nitrogens with one attached hydrogen (secondary N) is 1. The molecule has 9 nitrogen and oxygen atoms in total. The summed E-state index contributed by atoms with van der Waals surface area (Å²) in [5, 5.41) is 18.6. The van der Waals surface area contributed by atoms with Gasteiger partial charge in [0.2, 0.25) is 0 Å². The number of pyridine rings is 1. The van der Waals surface area contributed by atoms with Crippen LogP contribution in [0.4, 0.5) is 17.2 Å². The van der Waals surface area contributed by atoms with Crippen molar-refractivity contribution in [3.63, 3.8) is 0 Å². The van der Waals surface area contributed by atoms with E-state index in [0.29, 0.717) is 23.4 Å². The van der Waals surface area contributed by atoms with E-state index in [9.17, 15) is 14.4 Å². The van der Waals surface area contributed by atoms with Crippen molar-refractivity contribution >= 4 is 35.0 Å². The van der Waals surface area contributed by atoms with Crippen molar-refractivity contribution in [3.05, 3.63) is 96.7 Å². The average molecular weight is 491 g/mol. The molecule has 2 aromatic carbocycles. The Bertz CT molecular complexity index is 1140. The molecule has 0 atom stereocenters. The summed E-state index contributed by atoms with van der Waals surface area (Å²) in [4.78, 5) is 40.7. The fraction of sp³-hybridized carbons (Fsp3) is 0.185. The zero-order chi connectivity index (χ0) is 26.3. The second-order valence-electron chi connectivity index (χ2n) is 7.85. The Labute approximate surface area is 210 Å². The van der Waals surface area contributed by atoms with Crippen molar-refractivity contribution in [3.8, 4) is 0 Å². The highest BCUT2D eigenvalue weighted by Crippen LogP contribution is 2.30. The van der Waals surface area contributed by atoms with Crippen LogP contribution in [0.25, 0.3) is 0 Å². The summed E-state index contributed by atoms with van der Waals surface area (Å²) >= 11 is 0. The third-order valence-electron chi connectivity index (χ3n) is 4.75. The molecule has 0 saturated carbocycles. The number of anilines is 3. The zero-order valence-electron chi connectivity index (χ0n) is 20.2. The third kappa shape index (κ3) is 9.78. The SMILES string of the molecule is CN(C)CCCN(c1ccccc1)c1ncccc1NC(=O)c1ccccc1.O=C(O)/C=C/C(=O)O. The van der Waals surface area contributed by atoms with E-state index in [1.54, 1.807) is 18.3 Å². The second-order valence-corrected chi connectivity index (χ2v) is 7.85. The van der Waals surface area contributed by atoms with E-state index in [1.807, 2.05) is 48.5 Å². The fourth-order valence-electron chi connectivity index (χ4n) is 3.15. The van der Waals surface area contributed by atoms with Gasteiger partial charge in [0.05, 0.1) is 5.69 Å². The number of nitrogens with zero attached hydrogens (tertiary/aromatic N) is 3. The number of aliphatic carboxylic acids is 2. The van der Waals surface area contributed by atoms with E-state index in [0.717, 1.165) is 31.0 Å². The van der Waals surface area contributed by atoms with Crippen LogP contribution in [0.15, 0.2) is 91.1 Å². The van der Waals surface area contributed by atoms with E-state index in [1.165, 1.54) is 0 Å². The van der Waals surface area contributed by atoms with Crippen LogP contribution in [0.5, 0.6) is 0 Å². The van der Waals surface area contributed by atoms with Crippen LogP contribution in [-0.4, -0.2) is 65.1 Å². The van der Waals surface area contributed by atoms with E-state index in [-0.39, 0.29) is 5.91 Å². The molecule has 1 amide bonds. The second kappa shape index (κ2) is 14.7. The summed E-state index contributed by atoms with van der Waals surface area (Å²) in [7, 11) is 4.14. The van der Waals surface area contributed by atoms with Gasteiger partial charge in [0.15, 0.2) is 5.82 Å². The van der Waals surface area contributed by atoms with Gasteiger partial charge in [0, 0.05) is 36.1 Å². The summed E-state index contributed by atoms with van der Waals surface area (Å²) < 4.78 is 0. The third-order valence-corrected chi connectivity index (χ3v) is 4.75. The maximum Gasteiger partial charge on any atom is 0.328 e. The quantitative estimate of drug-likeness (QED) is 0.363. The molecule has 9 heteroatoms. The Morgan fingerprint density at radius 3 is 1.97 bits per heavy atom. The van der Waals surface area contributed by atoms with E-state index < -0.39 is 11.9 Å². The van der Waals surface area contributed by atoms with Gasteiger partial charge in [-0.25, -0.2) is 14.6 Å². The lowest BCUT2D eigenvalue weighted by Crippen LogP contribution is -2.25. The first-order valence-electron chi connectivity index (χ1n) is 11.2. The molecular formula is C27H30N4O5. The Morgan fingerprint density at radius 1 is 0.833 bits per heavy atom. The molecule has 3 aromatic rings. The minimum Gasteiger partial charge on any atom is -0.478 e. The molecule has 0 radical (unpaired) electrons. The number of carbonyl (C=O) groups is 3. The normalized spacial score (nSPS) is 10.4. The van der Waals surface area contributed by atoms with Gasteiger partial charge in [-0.2, -0.15) is 0 Å². The molecule has 1 aromatic heterocycles. The van der Waals surface area contributed by atoms with Crippen molar-refractivity contribution in [2.24, 2.45) is 0 Å². The smallest absolute Gasteiger partial charge is 0.328 e. The van der Waals surface area contributed by atoms with Crippen LogP contribution in [0.3, 0.4) is 0 Å². The Balaban J connectivity index is 0.000000493. The largest absolute Gasteiger partial charge is 0.478 e. The van der Waals surface area contributed by atoms with Crippen LogP contribution in [-0.2, 0) is 9.59 Å². The average Bonchev–Trinajstić information content (AvgIpc) is 2.87. The standard InChI is InChI=1S/C23H26N4O.C4H4O4/c1-26(2)17-10-18-27(20-13-7-4-8-14-20)22-21(15-9-16-24-22)25-23(28)19-11-5-3-6-12-19;5-3(6)1-2-4(7)8/h3-9,11-16H,10,17-18H2,1-2H3,(H,25,28);1-2H,(H,5,6)(H,7,8)/b;2-1+. The predicted octanol–water partition coefficient (Wildman–Crippen LogP) is 4.14. The van der Waals surface area contributed by atoms with Crippen molar-refractivity contribution in [1.29, 1.82) is 0 Å². The molecule has 0 unspecified atom stereocenters. The molecule has 0 fully saturated rings. The lowest BCUT2D eigenvalue weighted by molar-refractivity contribution is -0.134. The number of para-hydroxylation sites is 1. The first kappa shape index (κ1) is 27.7. The lowest BCUT2D eigenvalue weighted by atomic mass is 10.2. The number of carbonyl (C=O) groups excluding carboxylic acids is 1. The number of amides is 1. The number of carboxylic acid groups (broad SMARTS) is 2. The number of aromatic nitrogens is 1. The van der Waals surface area contributed by atoms with Crippen LogP contribution in [0, 0.1) is 0 Å². The van der Waals surface area contributed by atoms with Gasteiger partial charge >= 0.3 is 11.9 Å². The lowest BCUT2D eigenvalue weighted by Gasteiger charge is -2.26. The van der Waals surface area contributed by atoms with E-state index in [2.05, 4.69) is 46.3 Å². The van der Waals surface area contributed by atoms with E-state index in [4.69, 9.17) is 10.2 Å². The highest BCUT2D eigenvalue weighted by Gasteiger charge is 2.17. The number of carboxylic acids is 2. The number of hydrogen-bond acceptors (Lipinski definition) is 6. The van der Waals surface area contributed by atoms with Crippen molar-refractivity contribution in [2.45, 2.75) is 6.42 Å². The first-order chi connectivity index (χ1) is 17.3. The summed E-state index contributed by atoms with van der Waals surface area (Å²) in [6.07, 6.45) is 3.85. The van der Waals surface area contributed by atoms with Crippen LogP contribution < -0.4 is 10.2 Å². The minimum absolute atomic E-state index is 0.142. The molecule has 0 aliphatic carbocycles. The maximum absolute atomic E-state index is 12.7. The first-order valence-corrected chi connectivity index (χ1v) is 11.2. The maximum atomic E-state index is 12.7. The Kier molecular flexibility index (Phi) is 11.3. The van der Waals surface area contributed by atoms with E-state index >= 15 is 0 Å². The molecule has 36 heavy (non-hydrogen) atoms. The molecule has 0 bridgehead atoms. The fourth-order valence-corrected chi connectivity index (χ4v) is 3.15. The molecule has 3 N–H and O–H groups in total. The van der Waals surface area contributed by atoms with Gasteiger partial charge in [-0.3, -0.25) is 4.79 Å². The number of benzene rings is 2. The van der Waals surface area contributed by atoms with Crippen LogP contribution >= 0.6 is 0 Å². The Hall–Kier alpha value is -4.50. The highest BCUT2D eigenvalue weighted by atomic mass is 16.4. The molecule has 0 spiro atoms. The summed E-state index contributed by atoms with van der Waals surface area (Å²) in [5.74, 6) is -1.91. The molecule has 0 aliphatic rings. The highest BCUT2D eigenvalue weighted by molar-refractivity contribution is 6.05. The number of hydrogen-bond donors (Lipinski definition) is 3. The zero-order valence-corrected chi connectivity index (χ0v) is 20.2. The molecule has 188 valence electrons. The molecule has 0 aliphatic heterocycles.